The van der Waals surface area contributed by atoms with Crippen molar-refractivity contribution in [3.8, 4) is 11.3 Å². The largest absolute Gasteiger partial charge is 0.446 e. The van der Waals surface area contributed by atoms with E-state index in [4.69, 9.17) is 4.74 Å². The lowest BCUT2D eigenvalue weighted by Crippen LogP contribution is -2.44. The van der Waals surface area contributed by atoms with Crippen LogP contribution in [0.5, 0.6) is 0 Å². The standard InChI is InChI=1S/C17H17FN4O3/c1-19-16(23)13-8-25-17(24)22(13)11-5-9-3-2-4-10-7-20-21-15(10)14(9)12(18)6-11/h5-7,13H,2-4,8H2,1H3,(H,19,23)(H,20,21)/t13-/m0/s1. The summed E-state index contributed by atoms with van der Waals surface area (Å²) < 4.78 is 19.9. The van der Waals surface area contributed by atoms with Gasteiger partial charge in [0, 0.05) is 12.6 Å². The molecule has 0 radical (unpaired) electrons. The zero-order valence-electron chi connectivity index (χ0n) is 13.6. The molecule has 2 heterocycles. The molecule has 4 rings (SSSR count). The molecule has 2 amide bonds. The van der Waals surface area contributed by atoms with E-state index in [1.165, 1.54) is 18.0 Å². The lowest BCUT2D eigenvalue weighted by molar-refractivity contribution is -0.121. The molecule has 1 fully saturated rings. The maximum atomic E-state index is 14.9. The van der Waals surface area contributed by atoms with Gasteiger partial charge in [0.2, 0.25) is 5.91 Å². The van der Waals surface area contributed by atoms with Gasteiger partial charge in [-0.05, 0) is 42.5 Å². The van der Waals surface area contributed by atoms with Crippen LogP contribution < -0.4 is 10.2 Å². The average molecular weight is 344 g/mol. The third-order valence-electron chi connectivity index (χ3n) is 4.72. The van der Waals surface area contributed by atoms with Crippen LogP contribution in [0.15, 0.2) is 18.3 Å². The van der Waals surface area contributed by atoms with Crippen LogP contribution in [0.3, 0.4) is 0 Å². The Labute approximate surface area is 143 Å². The number of aryl methyl sites for hydroxylation is 2. The summed E-state index contributed by atoms with van der Waals surface area (Å²) in [5.41, 5.74) is 3.26. The second kappa shape index (κ2) is 5.87. The minimum absolute atomic E-state index is 0.0537. The number of H-pyrrole nitrogens is 1. The van der Waals surface area contributed by atoms with Gasteiger partial charge < -0.3 is 10.1 Å². The quantitative estimate of drug-likeness (QED) is 0.869. The van der Waals surface area contributed by atoms with Crippen LogP contribution in [0.1, 0.15) is 17.5 Å². The number of ether oxygens (including phenoxy) is 1. The number of fused-ring (bicyclic) bond motifs is 3. The molecule has 1 aromatic carbocycles. The van der Waals surface area contributed by atoms with E-state index < -0.39 is 18.0 Å². The van der Waals surface area contributed by atoms with Crippen molar-refractivity contribution in [1.29, 1.82) is 0 Å². The Bertz CT molecular complexity index is 864. The van der Waals surface area contributed by atoms with Crippen LogP contribution in [0.2, 0.25) is 0 Å². The molecule has 1 aromatic heterocycles. The zero-order chi connectivity index (χ0) is 17.6. The Morgan fingerprint density at radius 1 is 1.40 bits per heavy atom. The van der Waals surface area contributed by atoms with E-state index in [1.54, 1.807) is 12.3 Å². The first-order valence-electron chi connectivity index (χ1n) is 8.12. The highest BCUT2D eigenvalue weighted by Crippen LogP contribution is 2.37. The van der Waals surface area contributed by atoms with Gasteiger partial charge in [0.15, 0.2) is 6.04 Å². The van der Waals surface area contributed by atoms with Crippen molar-refractivity contribution in [2.24, 2.45) is 0 Å². The highest BCUT2D eigenvalue weighted by molar-refractivity contribution is 6.00. The lowest BCUT2D eigenvalue weighted by Gasteiger charge is -2.22. The summed E-state index contributed by atoms with van der Waals surface area (Å²) in [6.07, 6.45) is 3.41. The van der Waals surface area contributed by atoms with E-state index >= 15 is 0 Å². The molecule has 0 bridgehead atoms. The molecule has 1 aliphatic heterocycles. The number of aromatic amines is 1. The molecule has 2 N–H and O–H groups in total. The normalized spacial score (nSPS) is 19.0. The number of benzene rings is 1. The number of nitrogens with zero attached hydrogens (tertiary/aromatic N) is 2. The average Bonchev–Trinajstić information content (AvgIpc) is 3.16. The third kappa shape index (κ3) is 2.45. The Morgan fingerprint density at radius 2 is 2.20 bits per heavy atom. The Morgan fingerprint density at radius 3 is 3.00 bits per heavy atom. The van der Waals surface area contributed by atoms with Gasteiger partial charge in [0.1, 0.15) is 12.4 Å². The van der Waals surface area contributed by atoms with E-state index in [2.05, 4.69) is 15.5 Å². The van der Waals surface area contributed by atoms with Crippen LogP contribution in [0.25, 0.3) is 11.3 Å². The molecule has 1 saturated heterocycles. The molecule has 2 aliphatic rings. The molecular weight excluding hydrogens is 327 g/mol. The summed E-state index contributed by atoms with van der Waals surface area (Å²) in [5.74, 6) is -0.799. The smallest absolute Gasteiger partial charge is 0.415 e. The number of aromatic nitrogens is 2. The molecule has 1 aliphatic carbocycles. The fourth-order valence-electron chi connectivity index (χ4n) is 3.52. The van der Waals surface area contributed by atoms with E-state index in [9.17, 15) is 14.0 Å². The first kappa shape index (κ1) is 15.6. The molecule has 1 atom stereocenters. The number of hydrogen-bond acceptors (Lipinski definition) is 4. The number of cyclic esters (lactones) is 1. The molecule has 130 valence electrons. The van der Waals surface area contributed by atoms with Gasteiger partial charge in [-0.3, -0.25) is 14.8 Å². The molecular formula is C17H17FN4O3. The highest BCUT2D eigenvalue weighted by atomic mass is 19.1. The Balaban J connectivity index is 1.81. The number of amides is 2. The van der Waals surface area contributed by atoms with E-state index in [0.717, 1.165) is 24.0 Å². The second-order valence-electron chi connectivity index (χ2n) is 6.16. The van der Waals surface area contributed by atoms with Gasteiger partial charge in [-0.1, -0.05) is 0 Å². The van der Waals surface area contributed by atoms with Crippen molar-refractivity contribution < 1.29 is 18.7 Å². The molecule has 25 heavy (non-hydrogen) atoms. The lowest BCUT2D eigenvalue weighted by atomic mass is 10.00. The van der Waals surface area contributed by atoms with Gasteiger partial charge in [0.05, 0.1) is 17.6 Å². The van der Waals surface area contributed by atoms with Crippen molar-refractivity contribution >= 4 is 17.7 Å². The minimum atomic E-state index is -0.802. The van der Waals surface area contributed by atoms with Crippen molar-refractivity contribution in [2.45, 2.75) is 25.3 Å². The summed E-state index contributed by atoms with van der Waals surface area (Å²) in [6, 6.07) is 2.23. The number of likely N-dealkylation sites (N-methyl/N-ethyl adjacent to an activating group) is 1. The maximum Gasteiger partial charge on any atom is 0.415 e. The van der Waals surface area contributed by atoms with Crippen LogP contribution in [0.4, 0.5) is 14.9 Å². The van der Waals surface area contributed by atoms with Gasteiger partial charge in [-0.15, -0.1) is 0 Å². The second-order valence-corrected chi connectivity index (χ2v) is 6.16. The summed E-state index contributed by atoms with van der Waals surface area (Å²) in [6.45, 7) is -0.0537. The van der Waals surface area contributed by atoms with Gasteiger partial charge in [0.25, 0.3) is 0 Å². The van der Waals surface area contributed by atoms with Crippen molar-refractivity contribution in [3.63, 3.8) is 0 Å². The van der Waals surface area contributed by atoms with Gasteiger partial charge in [-0.25, -0.2) is 9.18 Å². The van der Waals surface area contributed by atoms with Crippen LogP contribution in [-0.2, 0) is 22.4 Å². The fourth-order valence-corrected chi connectivity index (χ4v) is 3.52. The predicted molar refractivity (Wildman–Crippen MR) is 87.7 cm³/mol. The maximum absolute atomic E-state index is 14.9. The van der Waals surface area contributed by atoms with E-state index in [-0.39, 0.29) is 12.5 Å². The number of carbonyl (C=O) groups excluding carboxylic acids is 2. The third-order valence-corrected chi connectivity index (χ3v) is 4.72. The summed E-state index contributed by atoms with van der Waals surface area (Å²) in [5, 5.41) is 9.39. The number of nitrogens with one attached hydrogen (secondary N) is 2. The number of halogens is 1. The first-order chi connectivity index (χ1) is 12.1. The highest BCUT2D eigenvalue weighted by Gasteiger charge is 2.39. The number of hydrogen-bond donors (Lipinski definition) is 2. The Kier molecular flexibility index (Phi) is 3.67. The molecule has 7 nitrogen and oxygen atoms in total. The molecule has 0 spiro atoms. The monoisotopic (exact) mass is 344 g/mol. The number of carbonyl (C=O) groups is 2. The van der Waals surface area contributed by atoms with E-state index in [0.29, 0.717) is 23.4 Å². The molecule has 8 heteroatoms. The summed E-state index contributed by atoms with van der Waals surface area (Å²) in [7, 11) is 1.49. The van der Waals surface area contributed by atoms with Crippen molar-refractivity contribution in [2.75, 3.05) is 18.6 Å². The number of anilines is 1. The Hall–Kier alpha value is -2.90. The van der Waals surface area contributed by atoms with E-state index in [1.807, 2.05) is 0 Å². The molecule has 0 unspecified atom stereocenters. The van der Waals surface area contributed by atoms with Crippen LogP contribution in [-0.4, -0.2) is 41.9 Å². The SMILES string of the molecule is CNC(=O)[C@@H]1COC(=O)N1c1cc(F)c2c(c1)CCCc1cn[nH]c1-2. The topological polar surface area (TPSA) is 87.3 Å². The van der Waals surface area contributed by atoms with Gasteiger partial charge >= 0.3 is 6.09 Å². The van der Waals surface area contributed by atoms with Crippen molar-refractivity contribution in [1.82, 2.24) is 15.5 Å². The first-order valence-corrected chi connectivity index (χ1v) is 8.12. The molecule has 0 saturated carbocycles. The van der Waals surface area contributed by atoms with Crippen LogP contribution in [0, 0.1) is 5.82 Å². The number of rotatable bonds is 2. The van der Waals surface area contributed by atoms with Crippen molar-refractivity contribution in [3.05, 3.63) is 35.3 Å². The van der Waals surface area contributed by atoms with Crippen LogP contribution >= 0.6 is 0 Å². The van der Waals surface area contributed by atoms with Gasteiger partial charge in [-0.2, -0.15) is 5.10 Å². The minimum Gasteiger partial charge on any atom is -0.446 e. The fraction of sp³-hybridized carbons (Fsp3) is 0.353. The summed E-state index contributed by atoms with van der Waals surface area (Å²) >= 11 is 0. The predicted octanol–water partition coefficient (Wildman–Crippen LogP) is 1.78. The molecule has 2 aromatic rings. The zero-order valence-corrected chi connectivity index (χ0v) is 13.6. The summed E-state index contributed by atoms with van der Waals surface area (Å²) in [4.78, 5) is 25.3.